The molecule has 0 unspecified atom stereocenters. The molecule has 0 spiro atoms. The molecule has 0 amide bonds. The molecule has 0 fully saturated rings. The van der Waals surface area contributed by atoms with Crippen LogP contribution in [0.15, 0.2) is 18.2 Å². The van der Waals surface area contributed by atoms with Crippen LogP contribution in [0.1, 0.15) is 19.4 Å². The average Bonchev–Trinajstić information content (AvgIpc) is 2.31. The maximum Gasteiger partial charge on any atom is 0.120 e. The van der Waals surface area contributed by atoms with Crippen molar-refractivity contribution in [1.29, 1.82) is 5.26 Å². The Hall–Kier alpha value is -1.24. The highest BCUT2D eigenvalue weighted by molar-refractivity contribution is 6.31. The summed E-state index contributed by atoms with van der Waals surface area (Å²) >= 11 is 6.19. The third-order valence-corrected chi connectivity index (χ3v) is 3.02. The SMILES string of the molecule is COc1ccc(CN(C)CC(C)(C)C#N)c(Cl)c1. The van der Waals surface area contributed by atoms with Gasteiger partial charge in [-0.1, -0.05) is 17.7 Å². The maximum absolute atomic E-state index is 9.01. The molecule has 0 aliphatic carbocycles. The van der Waals surface area contributed by atoms with E-state index in [1.807, 2.05) is 33.0 Å². The third kappa shape index (κ3) is 4.21. The van der Waals surface area contributed by atoms with Gasteiger partial charge >= 0.3 is 0 Å². The molecule has 4 heteroatoms. The first kappa shape index (κ1) is 14.8. The van der Waals surface area contributed by atoms with E-state index >= 15 is 0 Å². The van der Waals surface area contributed by atoms with Gasteiger partial charge in [0.15, 0.2) is 0 Å². The number of hydrogen-bond donors (Lipinski definition) is 0. The van der Waals surface area contributed by atoms with Crippen molar-refractivity contribution in [1.82, 2.24) is 4.90 Å². The molecule has 0 N–H and O–H groups in total. The summed E-state index contributed by atoms with van der Waals surface area (Å²) in [5.41, 5.74) is 0.682. The number of nitrogens with zero attached hydrogens (tertiary/aromatic N) is 2. The molecule has 0 saturated heterocycles. The summed E-state index contributed by atoms with van der Waals surface area (Å²) in [6.07, 6.45) is 0. The quantitative estimate of drug-likeness (QED) is 0.820. The van der Waals surface area contributed by atoms with Gasteiger partial charge in [0.05, 0.1) is 18.6 Å². The zero-order valence-corrected chi connectivity index (χ0v) is 12.1. The number of nitriles is 1. The molecule has 3 nitrogen and oxygen atoms in total. The maximum atomic E-state index is 9.01. The van der Waals surface area contributed by atoms with Gasteiger partial charge in [-0.15, -0.1) is 0 Å². The second-order valence-corrected chi connectivity index (χ2v) is 5.53. The third-order valence-electron chi connectivity index (χ3n) is 2.67. The summed E-state index contributed by atoms with van der Waals surface area (Å²) in [6, 6.07) is 7.95. The van der Waals surface area contributed by atoms with Crippen LogP contribution in [0.5, 0.6) is 5.75 Å². The highest BCUT2D eigenvalue weighted by atomic mass is 35.5. The van der Waals surface area contributed by atoms with E-state index in [2.05, 4.69) is 11.0 Å². The minimum absolute atomic E-state index is 0.353. The van der Waals surface area contributed by atoms with Crippen molar-refractivity contribution in [2.75, 3.05) is 20.7 Å². The lowest BCUT2D eigenvalue weighted by molar-refractivity contribution is 0.248. The van der Waals surface area contributed by atoms with Crippen molar-refractivity contribution in [3.05, 3.63) is 28.8 Å². The monoisotopic (exact) mass is 266 g/mol. The summed E-state index contributed by atoms with van der Waals surface area (Å²) in [6.45, 7) is 5.28. The molecule has 0 aromatic heterocycles. The summed E-state index contributed by atoms with van der Waals surface area (Å²) < 4.78 is 5.11. The first-order valence-corrected chi connectivity index (χ1v) is 6.18. The van der Waals surface area contributed by atoms with Crippen LogP contribution < -0.4 is 4.74 Å². The van der Waals surface area contributed by atoms with E-state index in [1.165, 1.54) is 0 Å². The summed E-state index contributed by atoms with van der Waals surface area (Å²) in [5, 5.41) is 9.70. The van der Waals surface area contributed by atoms with Crippen molar-refractivity contribution < 1.29 is 4.74 Å². The Bertz CT molecular complexity index is 452. The van der Waals surface area contributed by atoms with Crippen LogP contribution in [0.3, 0.4) is 0 Å². The van der Waals surface area contributed by atoms with E-state index in [0.717, 1.165) is 11.3 Å². The molecule has 98 valence electrons. The Balaban J connectivity index is 2.71. The van der Waals surface area contributed by atoms with Crippen LogP contribution in [0.2, 0.25) is 5.02 Å². The van der Waals surface area contributed by atoms with Crippen molar-refractivity contribution in [3.63, 3.8) is 0 Å². The van der Waals surface area contributed by atoms with Crippen LogP contribution in [-0.2, 0) is 6.54 Å². The van der Waals surface area contributed by atoms with Crippen LogP contribution in [-0.4, -0.2) is 25.6 Å². The van der Waals surface area contributed by atoms with Gasteiger partial charge in [0.25, 0.3) is 0 Å². The Morgan fingerprint density at radius 1 is 1.44 bits per heavy atom. The summed E-state index contributed by atoms with van der Waals surface area (Å²) in [5.74, 6) is 0.753. The lowest BCUT2D eigenvalue weighted by Crippen LogP contribution is -2.30. The highest BCUT2D eigenvalue weighted by Gasteiger charge is 2.19. The number of benzene rings is 1. The molecule has 0 aliphatic rings. The minimum atomic E-state index is -0.353. The number of hydrogen-bond acceptors (Lipinski definition) is 3. The fourth-order valence-corrected chi connectivity index (χ4v) is 2.07. The van der Waals surface area contributed by atoms with Crippen LogP contribution in [0, 0.1) is 16.7 Å². The highest BCUT2D eigenvalue weighted by Crippen LogP contribution is 2.24. The van der Waals surface area contributed by atoms with Gasteiger partial charge in [-0.05, 0) is 38.6 Å². The largest absolute Gasteiger partial charge is 0.497 e. The Kier molecular flexibility index (Phi) is 5.01. The first-order chi connectivity index (χ1) is 8.38. The van der Waals surface area contributed by atoms with E-state index in [9.17, 15) is 0 Å². The van der Waals surface area contributed by atoms with Gasteiger partial charge in [0.1, 0.15) is 5.75 Å². The van der Waals surface area contributed by atoms with E-state index in [-0.39, 0.29) is 5.41 Å². The van der Waals surface area contributed by atoms with Gasteiger partial charge in [-0.25, -0.2) is 0 Å². The fourth-order valence-electron chi connectivity index (χ4n) is 1.84. The number of rotatable bonds is 5. The van der Waals surface area contributed by atoms with Gasteiger partial charge in [-0.2, -0.15) is 5.26 Å². The van der Waals surface area contributed by atoms with Crippen LogP contribution >= 0.6 is 11.6 Å². The number of methoxy groups -OCH3 is 1. The lowest BCUT2D eigenvalue weighted by Gasteiger charge is -2.24. The van der Waals surface area contributed by atoms with Crippen molar-refractivity contribution in [2.45, 2.75) is 20.4 Å². The topological polar surface area (TPSA) is 36.3 Å². The molecule has 0 atom stereocenters. The van der Waals surface area contributed by atoms with Crippen LogP contribution in [0.25, 0.3) is 0 Å². The Morgan fingerprint density at radius 2 is 2.11 bits per heavy atom. The zero-order chi connectivity index (χ0) is 13.8. The molecule has 1 aromatic rings. The second-order valence-electron chi connectivity index (χ2n) is 5.13. The van der Waals surface area contributed by atoms with E-state index in [1.54, 1.807) is 13.2 Å². The predicted octanol–water partition coefficient (Wildman–Crippen LogP) is 3.33. The predicted molar refractivity (Wildman–Crippen MR) is 73.7 cm³/mol. The van der Waals surface area contributed by atoms with Gasteiger partial charge in [0, 0.05) is 18.1 Å². The average molecular weight is 267 g/mol. The Morgan fingerprint density at radius 3 is 2.61 bits per heavy atom. The van der Waals surface area contributed by atoms with Gasteiger partial charge in [0.2, 0.25) is 0 Å². The fraction of sp³-hybridized carbons (Fsp3) is 0.500. The first-order valence-electron chi connectivity index (χ1n) is 5.80. The molecular formula is C14H19ClN2O. The van der Waals surface area contributed by atoms with Crippen molar-refractivity contribution >= 4 is 11.6 Å². The van der Waals surface area contributed by atoms with E-state index in [0.29, 0.717) is 18.1 Å². The standard InChI is InChI=1S/C14H19ClN2O/c1-14(2,9-16)10-17(3)8-11-5-6-12(18-4)7-13(11)15/h5-7H,8,10H2,1-4H3. The van der Waals surface area contributed by atoms with Gasteiger partial charge < -0.3 is 9.64 Å². The lowest BCUT2D eigenvalue weighted by atomic mass is 9.95. The molecule has 0 saturated carbocycles. The minimum Gasteiger partial charge on any atom is -0.497 e. The number of ether oxygens (including phenoxy) is 1. The molecule has 1 aromatic carbocycles. The van der Waals surface area contributed by atoms with Crippen LogP contribution in [0.4, 0.5) is 0 Å². The molecule has 1 rings (SSSR count). The van der Waals surface area contributed by atoms with Gasteiger partial charge in [-0.3, -0.25) is 0 Å². The van der Waals surface area contributed by atoms with E-state index < -0.39 is 0 Å². The summed E-state index contributed by atoms with van der Waals surface area (Å²) in [7, 11) is 3.60. The normalized spacial score (nSPS) is 11.4. The second kappa shape index (κ2) is 6.08. The molecule has 0 radical (unpaired) electrons. The molecule has 18 heavy (non-hydrogen) atoms. The Labute approximate surface area is 114 Å². The summed E-state index contributed by atoms with van der Waals surface area (Å²) in [4.78, 5) is 2.09. The number of halogens is 1. The van der Waals surface area contributed by atoms with Crippen molar-refractivity contribution in [2.24, 2.45) is 5.41 Å². The smallest absolute Gasteiger partial charge is 0.120 e. The van der Waals surface area contributed by atoms with E-state index in [4.69, 9.17) is 21.6 Å². The molecular weight excluding hydrogens is 248 g/mol. The van der Waals surface area contributed by atoms with Crippen molar-refractivity contribution in [3.8, 4) is 11.8 Å². The molecule has 0 heterocycles. The molecule has 0 bridgehead atoms. The molecule has 0 aliphatic heterocycles. The zero-order valence-electron chi connectivity index (χ0n) is 11.3.